The van der Waals surface area contributed by atoms with Crippen LogP contribution in [0, 0.1) is 5.95 Å². The van der Waals surface area contributed by atoms with E-state index in [0.29, 0.717) is 0 Å². The molecule has 2 heterocycles. The molecule has 0 saturated heterocycles. The predicted molar refractivity (Wildman–Crippen MR) is 71.0 cm³/mol. The van der Waals surface area contributed by atoms with Crippen molar-refractivity contribution < 1.29 is 4.39 Å². The topological polar surface area (TPSA) is 25.8 Å². The number of rotatable bonds is 1. The van der Waals surface area contributed by atoms with E-state index in [-0.39, 0.29) is 0 Å². The van der Waals surface area contributed by atoms with Crippen molar-refractivity contribution >= 4 is 34.9 Å². The van der Waals surface area contributed by atoms with E-state index >= 15 is 0 Å². The molecule has 0 N–H and O–H groups in total. The van der Waals surface area contributed by atoms with E-state index in [9.17, 15) is 4.39 Å². The Morgan fingerprint density at radius 2 is 2.06 bits per heavy atom. The van der Waals surface area contributed by atoms with Crippen LogP contribution in [0.2, 0.25) is 0 Å². The number of aromatic nitrogens is 2. The highest BCUT2D eigenvalue weighted by molar-refractivity contribution is 7.21. The summed E-state index contributed by atoms with van der Waals surface area (Å²) in [6.45, 7) is 0. The number of nitrogens with zero attached hydrogens (tertiary/aromatic N) is 2. The van der Waals surface area contributed by atoms with Crippen molar-refractivity contribution in [1.29, 1.82) is 0 Å². The quantitative estimate of drug-likeness (QED) is 0.480. The molecular formula is C12H8BFN2S. The number of fused-ring (bicyclic) bond motifs is 1. The summed E-state index contributed by atoms with van der Waals surface area (Å²) in [6, 6.07) is 9.20. The summed E-state index contributed by atoms with van der Waals surface area (Å²) < 4.78 is 13.9. The van der Waals surface area contributed by atoms with Crippen molar-refractivity contribution in [2.24, 2.45) is 0 Å². The van der Waals surface area contributed by atoms with Crippen molar-refractivity contribution in [2.45, 2.75) is 0 Å². The standard InChI is InChI=1S/C12H8BFN2S/c13-8-2-3-9-10(5-8)17-12(16-9)7-1-4-11(14)15-6-7/h1-6H,13H2. The van der Waals surface area contributed by atoms with E-state index in [1.807, 2.05) is 12.1 Å². The van der Waals surface area contributed by atoms with Crippen molar-refractivity contribution in [3.63, 3.8) is 0 Å². The first-order valence-electron chi connectivity index (χ1n) is 5.21. The fourth-order valence-electron chi connectivity index (χ4n) is 1.66. The molecule has 0 fully saturated rings. The summed E-state index contributed by atoms with van der Waals surface area (Å²) in [5.41, 5.74) is 3.04. The molecule has 0 amide bonds. The molecule has 0 radical (unpaired) electrons. The first-order chi connectivity index (χ1) is 8.22. The van der Waals surface area contributed by atoms with Crippen molar-refractivity contribution in [3.05, 3.63) is 42.5 Å². The maximum atomic E-state index is 12.7. The zero-order chi connectivity index (χ0) is 11.8. The molecule has 3 rings (SSSR count). The normalized spacial score (nSPS) is 10.9. The molecule has 0 bridgehead atoms. The van der Waals surface area contributed by atoms with Crippen LogP contribution in [-0.2, 0) is 0 Å². The molecule has 82 valence electrons. The summed E-state index contributed by atoms with van der Waals surface area (Å²) >= 11 is 1.60. The second-order valence-corrected chi connectivity index (χ2v) is 4.89. The van der Waals surface area contributed by atoms with Crippen LogP contribution in [0.4, 0.5) is 4.39 Å². The molecule has 0 atom stereocenters. The molecule has 0 aliphatic rings. The Hall–Kier alpha value is -1.75. The first-order valence-corrected chi connectivity index (χ1v) is 6.03. The molecule has 17 heavy (non-hydrogen) atoms. The van der Waals surface area contributed by atoms with E-state index in [1.165, 1.54) is 17.7 Å². The van der Waals surface area contributed by atoms with Gasteiger partial charge in [0.15, 0.2) is 0 Å². The molecule has 2 aromatic heterocycles. The number of hydrogen-bond donors (Lipinski definition) is 0. The highest BCUT2D eigenvalue weighted by atomic mass is 32.1. The average molecular weight is 242 g/mol. The zero-order valence-electron chi connectivity index (χ0n) is 9.14. The highest BCUT2D eigenvalue weighted by Gasteiger charge is 2.06. The van der Waals surface area contributed by atoms with Gasteiger partial charge in [-0.25, -0.2) is 9.97 Å². The number of hydrogen-bond acceptors (Lipinski definition) is 3. The molecule has 0 unspecified atom stereocenters. The zero-order valence-corrected chi connectivity index (χ0v) is 9.96. The van der Waals surface area contributed by atoms with Gasteiger partial charge in [0.05, 0.1) is 10.2 Å². The molecule has 2 nitrogen and oxygen atoms in total. The number of pyridine rings is 1. The van der Waals surface area contributed by atoms with Gasteiger partial charge >= 0.3 is 0 Å². The van der Waals surface area contributed by atoms with E-state index in [0.717, 1.165) is 20.8 Å². The van der Waals surface area contributed by atoms with Gasteiger partial charge < -0.3 is 0 Å². The van der Waals surface area contributed by atoms with E-state index < -0.39 is 5.95 Å². The second kappa shape index (κ2) is 3.93. The Bertz CT molecular complexity index is 679. The molecule has 0 spiro atoms. The van der Waals surface area contributed by atoms with Crippen LogP contribution in [0.15, 0.2) is 36.5 Å². The fraction of sp³-hybridized carbons (Fsp3) is 0. The van der Waals surface area contributed by atoms with Gasteiger partial charge in [-0.2, -0.15) is 4.39 Å². The number of benzene rings is 1. The maximum absolute atomic E-state index is 12.7. The van der Waals surface area contributed by atoms with Gasteiger partial charge in [0, 0.05) is 11.8 Å². The van der Waals surface area contributed by atoms with Crippen molar-refractivity contribution in [2.75, 3.05) is 0 Å². The van der Waals surface area contributed by atoms with Crippen LogP contribution in [0.5, 0.6) is 0 Å². The SMILES string of the molecule is Bc1ccc2nc(-c3ccc(F)nc3)sc2c1. The lowest BCUT2D eigenvalue weighted by Crippen LogP contribution is -1.98. The van der Waals surface area contributed by atoms with Crippen LogP contribution in [-0.4, -0.2) is 17.8 Å². The Balaban J connectivity index is 2.14. The predicted octanol–water partition coefficient (Wildman–Crippen LogP) is 1.76. The minimum atomic E-state index is -0.467. The Morgan fingerprint density at radius 3 is 2.82 bits per heavy atom. The summed E-state index contributed by atoms with van der Waals surface area (Å²) in [4.78, 5) is 8.15. The third-order valence-corrected chi connectivity index (χ3v) is 3.59. The summed E-state index contributed by atoms with van der Waals surface area (Å²) in [5, 5.41) is 0.873. The average Bonchev–Trinajstić information content (AvgIpc) is 2.72. The molecule has 0 saturated carbocycles. The summed E-state index contributed by atoms with van der Waals surface area (Å²) in [5.74, 6) is -0.467. The maximum Gasteiger partial charge on any atom is 0.212 e. The number of halogens is 1. The minimum absolute atomic E-state index is 0.467. The molecule has 0 aliphatic heterocycles. The van der Waals surface area contributed by atoms with Gasteiger partial charge in [-0.1, -0.05) is 11.5 Å². The lowest BCUT2D eigenvalue weighted by Gasteiger charge is -1.93. The minimum Gasteiger partial charge on any atom is -0.236 e. The van der Waals surface area contributed by atoms with Gasteiger partial charge in [-0.3, -0.25) is 0 Å². The van der Waals surface area contributed by atoms with Gasteiger partial charge in [-0.05, 0) is 24.3 Å². The Labute approximate surface area is 103 Å². The fourth-order valence-corrected chi connectivity index (χ4v) is 2.71. The van der Waals surface area contributed by atoms with Crippen molar-refractivity contribution in [3.8, 4) is 10.6 Å². The smallest absolute Gasteiger partial charge is 0.212 e. The monoisotopic (exact) mass is 242 g/mol. The third kappa shape index (κ3) is 1.94. The summed E-state index contributed by atoms with van der Waals surface area (Å²) in [6.07, 6.45) is 1.51. The van der Waals surface area contributed by atoms with Crippen LogP contribution in [0.3, 0.4) is 0 Å². The van der Waals surface area contributed by atoms with Crippen LogP contribution in [0.1, 0.15) is 0 Å². The second-order valence-electron chi connectivity index (χ2n) is 3.86. The van der Waals surface area contributed by atoms with Gasteiger partial charge in [-0.15, -0.1) is 11.3 Å². The summed E-state index contributed by atoms with van der Waals surface area (Å²) in [7, 11) is 2.05. The van der Waals surface area contributed by atoms with Crippen LogP contribution >= 0.6 is 11.3 Å². The molecule has 1 aromatic carbocycles. The van der Waals surface area contributed by atoms with E-state index in [4.69, 9.17) is 0 Å². The molecule has 3 aromatic rings. The Morgan fingerprint density at radius 1 is 1.18 bits per heavy atom. The van der Waals surface area contributed by atoms with Crippen LogP contribution in [0.25, 0.3) is 20.8 Å². The molecule has 0 aliphatic carbocycles. The largest absolute Gasteiger partial charge is 0.236 e. The van der Waals surface area contributed by atoms with Crippen molar-refractivity contribution in [1.82, 2.24) is 9.97 Å². The molecule has 5 heteroatoms. The van der Waals surface area contributed by atoms with Gasteiger partial charge in [0.1, 0.15) is 12.9 Å². The van der Waals surface area contributed by atoms with E-state index in [2.05, 4.69) is 23.9 Å². The lowest BCUT2D eigenvalue weighted by atomic mass is 9.97. The third-order valence-electron chi connectivity index (χ3n) is 2.52. The first kappa shape index (κ1) is 10.4. The molecular weight excluding hydrogens is 234 g/mol. The van der Waals surface area contributed by atoms with Crippen LogP contribution < -0.4 is 5.46 Å². The lowest BCUT2D eigenvalue weighted by molar-refractivity contribution is 0.584. The van der Waals surface area contributed by atoms with E-state index in [1.54, 1.807) is 17.4 Å². The van der Waals surface area contributed by atoms with Gasteiger partial charge in [0.2, 0.25) is 5.95 Å². The van der Waals surface area contributed by atoms with Gasteiger partial charge in [0.25, 0.3) is 0 Å². The Kier molecular flexibility index (Phi) is 2.40. The highest BCUT2D eigenvalue weighted by Crippen LogP contribution is 2.28. The number of thiazole rings is 1.